The van der Waals surface area contributed by atoms with Crippen LogP contribution in [0.4, 0.5) is 10.1 Å². The lowest BCUT2D eigenvalue weighted by molar-refractivity contribution is 0.556. The molecule has 1 aromatic rings. The molecule has 3 N–H and O–H groups in total. The summed E-state index contributed by atoms with van der Waals surface area (Å²) in [6.07, 6.45) is 0.667. The predicted octanol–water partition coefficient (Wildman–Crippen LogP) is 1.48. The smallest absolute Gasteiger partial charge is 0.242 e. The van der Waals surface area contributed by atoms with Crippen LogP contribution in [0.3, 0.4) is 0 Å². The molecule has 1 atom stereocenters. The van der Waals surface area contributed by atoms with Gasteiger partial charge in [-0.05, 0) is 31.5 Å². The molecule has 0 spiro atoms. The summed E-state index contributed by atoms with van der Waals surface area (Å²) in [5, 5.41) is 0. The largest absolute Gasteiger partial charge is 0.398 e. The number of hydrogen-bond acceptors (Lipinski definition) is 3. The molecule has 1 rings (SSSR count). The van der Waals surface area contributed by atoms with Crippen molar-refractivity contribution in [3.63, 3.8) is 0 Å². The van der Waals surface area contributed by atoms with Gasteiger partial charge in [-0.25, -0.2) is 17.5 Å². The van der Waals surface area contributed by atoms with E-state index < -0.39 is 15.8 Å². The molecule has 0 radical (unpaired) electrons. The number of nitrogens with one attached hydrogen (secondary N) is 1. The van der Waals surface area contributed by atoms with Gasteiger partial charge < -0.3 is 5.73 Å². The summed E-state index contributed by atoms with van der Waals surface area (Å²) >= 11 is 0. The average molecular weight is 246 g/mol. The highest BCUT2D eigenvalue weighted by molar-refractivity contribution is 7.89. The molecule has 90 valence electrons. The van der Waals surface area contributed by atoms with Crippen LogP contribution in [0.2, 0.25) is 0 Å². The van der Waals surface area contributed by atoms with E-state index in [1.807, 2.05) is 6.92 Å². The van der Waals surface area contributed by atoms with Crippen LogP contribution >= 0.6 is 0 Å². The molecule has 6 heteroatoms. The molecular formula is C10H15FN2O2S. The van der Waals surface area contributed by atoms with Crippen LogP contribution < -0.4 is 10.5 Å². The normalized spacial score (nSPS) is 13.7. The lowest BCUT2D eigenvalue weighted by atomic mass is 10.3. The van der Waals surface area contributed by atoms with Gasteiger partial charge in [0, 0.05) is 6.04 Å². The van der Waals surface area contributed by atoms with Crippen molar-refractivity contribution in [3.8, 4) is 0 Å². The minimum absolute atomic E-state index is 0.0872. The third-order valence-electron chi connectivity index (χ3n) is 2.23. The quantitative estimate of drug-likeness (QED) is 0.790. The first kappa shape index (κ1) is 12.9. The first-order valence-electron chi connectivity index (χ1n) is 4.94. The molecule has 0 aliphatic heterocycles. The molecule has 1 unspecified atom stereocenters. The van der Waals surface area contributed by atoms with Crippen molar-refractivity contribution in [3.05, 3.63) is 24.0 Å². The Labute approximate surface area is 94.7 Å². The van der Waals surface area contributed by atoms with Crippen molar-refractivity contribution in [1.29, 1.82) is 0 Å². The van der Waals surface area contributed by atoms with Crippen LogP contribution in [0.1, 0.15) is 20.3 Å². The van der Waals surface area contributed by atoms with Crippen LogP contribution in [0.5, 0.6) is 0 Å². The fourth-order valence-corrected chi connectivity index (χ4v) is 2.62. The Morgan fingerprint density at radius 3 is 2.62 bits per heavy atom. The molecule has 0 fully saturated rings. The third-order valence-corrected chi connectivity index (χ3v) is 3.89. The zero-order valence-corrected chi connectivity index (χ0v) is 10.0. The second-order valence-corrected chi connectivity index (χ2v) is 5.30. The minimum Gasteiger partial charge on any atom is -0.398 e. The topological polar surface area (TPSA) is 72.2 Å². The van der Waals surface area contributed by atoms with Crippen LogP contribution in [-0.2, 0) is 10.0 Å². The number of anilines is 1. The highest BCUT2D eigenvalue weighted by Gasteiger charge is 2.19. The van der Waals surface area contributed by atoms with E-state index in [9.17, 15) is 12.8 Å². The average Bonchev–Trinajstić information content (AvgIpc) is 2.16. The monoisotopic (exact) mass is 246 g/mol. The number of sulfonamides is 1. The Kier molecular flexibility index (Phi) is 3.88. The van der Waals surface area contributed by atoms with Gasteiger partial charge in [-0.1, -0.05) is 6.92 Å². The van der Waals surface area contributed by atoms with E-state index in [0.717, 1.165) is 18.2 Å². The third kappa shape index (κ3) is 2.93. The maximum atomic E-state index is 12.8. The Hall–Kier alpha value is -1.14. The SMILES string of the molecule is CCC(C)NS(=O)(=O)c1ccc(F)cc1N. The first-order valence-corrected chi connectivity index (χ1v) is 6.42. The highest BCUT2D eigenvalue weighted by atomic mass is 32.2. The fraction of sp³-hybridized carbons (Fsp3) is 0.400. The number of rotatable bonds is 4. The number of hydrogen-bond donors (Lipinski definition) is 2. The van der Waals surface area contributed by atoms with Gasteiger partial charge in [-0.3, -0.25) is 0 Å². The van der Waals surface area contributed by atoms with Crippen LogP contribution in [-0.4, -0.2) is 14.5 Å². The van der Waals surface area contributed by atoms with Crippen LogP contribution in [0.25, 0.3) is 0 Å². The van der Waals surface area contributed by atoms with Crippen LogP contribution in [0, 0.1) is 5.82 Å². The summed E-state index contributed by atoms with van der Waals surface area (Å²) in [7, 11) is -3.66. The number of nitrogen functional groups attached to an aromatic ring is 1. The molecule has 0 amide bonds. The molecular weight excluding hydrogens is 231 g/mol. The van der Waals surface area contributed by atoms with Crippen molar-refractivity contribution >= 4 is 15.7 Å². The molecule has 16 heavy (non-hydrogen) atoms. The van der Waals surface area contributed by atoms with Gasteiger partial charge >= 0.3 is 0 Å². The number of benzene rings is 1. The lowest BCUT2D eigenvalue weighted by Gasteiger charge is -2.13. The Bertz CT molecular complexity index is 474. The van der Waals surface area contributed by atoms with Crippen LogP contribution in [0.15, 0.2) is 23.1 Å². The molecule has 0 saturated carbocycles. The van der Waals surface area contributed by atoms with E-state index in [0.29, 0.717) is 6.42 Å². The summed E-state index contributed by atoms with van der Waals surface area (Å²) in [5.74, 6) is -0.556. The second-order valence-electron chi connectivity index (χ2n) is 3.61. The van der Waals surface area contributed by atoms with Crippen molar-refractivity contribution in [1.82, 2.24) is 4.72 Å². The summed E-state index contributed by atoms with van der Waals surface area (Å²) in [5.41, 5.74) is 5.38. The summed E-state index contributed by atoms with van der Waals surface area (Å²) < 4.78 is 38.9. The van der Waals surface area contributed by atoms with Gasteiger partial charge in [-0.2, -0.15) is 0 Å². The van der Waals surface area contributed by atoms with E-state index in [1.54, 1.807) is 6.92 Å². The lowest BCUT2D eigenvalue weighted by Crippen LogP contribution is -2.32. The van der Waals surface area contributed by atoms with Gasteiger partial charge in [-0.15, -0.1) is 0 Å². The van der Waals surface area contributed by atoms with E-state index in [-0.39, 0.29) is 16.6 Å². The molecule has 0 bridgehead atoms. The van der Waals surface area contributed by atoms with Crippen molar-refractivity contribution in [2.24, 2.45) is 0 Å². The molecule has 0 aliphatic carbocycles. The Balaban J connectivity index is 3.08. The van der Waals surface area contributed by atoms with Gasteiger partial charge in [0.1, 0.15) is 10.7 Å². The van der Waals surface area contributed by atoms with Gasteiger partial charge in [0.2, 0.25) is 10.0 Å². The van der Waals surface area contributed by atoms with Crippen molar-refractivity contribution in [2.75, 3.05) is 5.73 Å². The van der Waals surface area contributed by atoms with E-state index in [1.165, 1.54) is 0 Å². The Morgan fingerprint density at radius 2 is 2.12 bits per heavy atom. The van der Waals surface area contributed by atoms with Crippen molar-refractivity contribution in [2.45, 2.75) is 31.2 Å². The first-order chi connectivity index (χ1) is 7.36. The molecule has 0 saturated heterocycles. The standard InChI is InChI=1S/C10H15FN2O2S/c1-3-7(2)13-16(14,15)10-5-4-8(11)6-9(10)12/h4-7,13H,3,12H2,1-2H3. The number of halogens is 1. The van der Waals surface area contributed by atoms with E-state index in [2.05, 4.69) is 4.72 Å². The fourth-order valence-electron chi connectivity index (χ4n) is 1.18. The van der Waals surface area contributed by atoms with E-state index in [4.69, 9.17) is 5.73 Å². The maximum absolute atomic E-state index is 12.8. The zero-order valence-electron chi connectivity index (χ0n) is 9.20. The van der Waals surface area contributed by atoms with Gasteiger partial charge in [0.15, 0.2) is 0 Å². The highest BCUT2D eigenvalue weighted by Crippen LogP contribution is 2.19. The Morgan fingerprint density at radius 1 is 1.50 bits per heavy atom. The number of nitrogens with two attached hydrogens (primary N) is 1. The summed E-state index contributed by atoms with van der Waals surface area (Å²) in [6, 6.07) is 3.04. The molecule has 0 heterocycles. The molecule has 4 nitrogen and oxygen atoms in total. The predicted molar refractivity (Wildman–Crippen MR) is 60.9 cm³/mol. The summed E-state index contributed by atoms with van der Waals surface area (Å²) in [6.45, 7) is 3.61. The molecule has 0 aromatic heterocycles. The second kappa shape index (κ2) is 4.80. The van der Waals surface area contributed by atoms with Gasteiger partial charge in [0.25, 0.3) is 0 Å². The summed E-state index contributed by atoms with van der Waals surface area (Å²) in [4.78, 5) is -0.0887. The van der Waals surface area contributed by atoms with E-state index >= 15 is 0 Å². The molecule has 1 aromatic carbocycles. The van der Waals surface area contributed by atoms with Crippen molar-refractivity contribution < 1.29 is 12.8 Å². The molecule has 0 aliphatic rings. The minimum atomic E-state index is -3.66. The maximum Gasteiger partial charge on any atom is 0.242 e. The van der Waals surface area contributed by atoms with Gasteiger partial charge in [0.05, 0.1) is 5.69 Å². The zero-order chi connectivity index (χ0) is 12.3.